The molecule has 0 spiro atoms. The van der Waals surface area contributed by atoms with Gasteiger partial charge in [0.05, 0.1) is 17.2 Å². The van der Waals surface area contributed by atoms with Crippen LogP contribution in [0, 0.1) is 6.92 Å². The van der Waals surface area contributed by atoms with Gasteiger partial charge in [-0.25, -0.2) is 9.22 Å². The number of hydrazone groups is 1. The second-order valence-corrected chi connectivity index (χ2v) is 8.64. The summed E-state index contributed by atoms with van der Waals surface area (Å²) in [5.41, 5.74) is 10.3. The number of nitrogens with zero attached hydrogens (tertiary/aromatic N) is 3. The van der Waals surface area contributed by atoms with E-state index < -0.39 is 11.0 Å². The summed E-state index contributed by atoms with van der Waals surface area (Å²) in [6.45, 7) is 2.49. The normalized spacial score (nSPS) is 17.7. The number of hydrogen-bond donors (Lipinski definition) is 1. The summed E-state index contributed by atoms with van der Waals surface area (Å²) in [5.74, 6) is 0.132. The lowest BCUT2D eigenvalue weighted by molar-refractivity contribution is 0.470. The van der Waals surface area contributed by atoms with Gasteiger partial charge in [0.2, 0.25) is 5.96 Å². The van der Waals surface area contributed by atoms with E-state index in [1.807, 2.05) is 61.5 Å². The van der Waals surface area contributed by atoms with Crippen LogP contribution in [0.4, 0.5) is 0 Å². The smallest absolute Gasteiger partial charge is 0.226 e. The van der Waals surface area contributed by atoms with Crippen molar-refractivity contribution in [1.29, 1.82) is 0 Å². The molecule has 0 aromatic heterocycles. The van der Waals surface area contributed by atoms with Crippen LogP contribution in [-0.2, 0) is 11.0 Å². The first-order chi connectivity index (χ1) is 14.5. The second-order valence-electron chi connectivity index (χ2n) is 7.05. The monoisotopic (exact) mass is 436 g/mol. The maximum absolute atomic E-state index is 12.6. The molecule has 1 heterocycles. The summed E-state index contributed by atoms with van der Waals surface area (Å²) in [4.78, 5) is 0.601. The van der Waals surface area contributed by atoms with E-state index in [2.05, 4.69) is 16.5 Å². The maximum Gasteiger partial charge on any atom is 0.226 e. The van der Waals surface area contributed by atoms with Gasteiger partial charge in [-0.05, 0) is 42.3 Å². The van der Waals surface area contributed by atoms with Crippen molar-refractivity contribution >= 4 is 34.3 Å². The topological polar surface area (TPSA) is 71.1 Å². The van der Waals surface area contributed by atoms with E-state index in [1.165, 1.54) is 0 Å². The van der Waals surface area contributed by atoms with Gasteiger partial charge >= 0.3 is 0 Å². The zero-order chi connectivity index (χ0) is 21.1. The molecule has 0 aliphatic carbocycles. The molecule has 0 saturated heterocycles. The molecule has 3 aromatic rings. The van der Waals surface area contributed by atoms with Gasteiger partial charge in [0, 0.05) is 10.9 Å². The summed E-state index contributed by atoms with van der Waals surface area (Å²) in [6, 6.07) is 25.1. The predicted molar refractivity (Wildman–Crippen MR) is 123 cm³/mol. The lowest BCUT2D eigenvalue weighted by atomic mass is 9.91. The van der Waals surface area contributed by atoms with E-state index in [0.29, 0.717) is 16.5 Å². The van der Waals surface area contributed by atoms with Gasteiger partial charge in [-0.2, -0.15) is 5.10 Å². The summed E-state index contributed by atoms with van der Waals surface area (Å²) in [5, 5.41) is 7.01. The van der Waals surface area contributed by atoms with Crippen LogP contribution in [0.5, 0.6) is 0 Å². The quantitative estimate of drug-likeness (QED) is 0.483. The van der Waals surface area contributed by atoms with Crippen molar-refractivity contribution in [2.24, 2.45) is 15.2 Å². The molecule has 1 aliphatic rings. The molecule has 5 nitrogen and oxygen atoms in total. The van der Waals surface area contributed by atoms with E-state index in [-0.39, 0.29) is 11.9 Å². The molecular formula is C23H21ClN4OS. The Bertz CT molecular complexity index is 1110. The molecule has 7 heteroatoms. The van der Waals surface area contributed by atoms with Crippen LogP contribution in [-0.4, -0.2) is 27.4 Å². The number of rotatable bonds is 4. The average molecular weight is 437 g/mol. The summed E-state index contributed by atoms with van der Waals surface area (Å²) in [6.07, 6.45) is 0. The SMILES string of the molecule is Cc1ccc(S(=O)/N=C(\N)N2CC(c3ccccc3)C(c3ccc(Cl)cc3)=N2)cc1. The highest BCUT2D eigenvalue weighted by atomic mass is 35.5. The first-order valence-corrected chi connectivity index (χ1v) is 11.0. The molecule has 0 amide bonds. The molecule has 30 heavy (non-hydrogen) atoms. The Hall–Kier alpha value is -2.96. The number of aryl methyl sites for hydroxylation is 1. The summed E-state index contributed by atoms with van der Waals surface area (Å²) < 4.78 is 16.8. The van der Waals surface area contributed by atoms with E-state index in [1.54, 1.807) is 17.1 Å². The van der Waals surface area contributed by atoms with Crippen molar-refractivity contribution in [3.8, 4) is 0 Å². The van der Waals surface area contributed by atoms with E-state index >= 15 is 0 Å². The molecule has 1 aliphatic heterocycles. The zero-order valence-corrected chi connectivity index (χ0v) is 18.0. The standard InChI is InChI=1S/C23H21ClN4OS/c1-16-7-13-20(14-8-16)30(29)27-23(25)28-15-21(17-5-3-2-4-6-17)22(26-28)18-9-11-19(24)12-10-18/h2-14,21H,15H2,1H3,(H2,25,27). The Kier molecular flexibility index (Phi) is 5.97. The molecule has 0 radical (unpaired) electrons. The average Bonchev–Trinajstić information content (AvgIpc) is 3.21. The van der Waals surface area contributed by atoms with Gasteiger partial charge in [-0.1, -0.05) is 71.8 Å². The Morgan fingerprint density at radius 1 is 1.07 bits per heavy atom. The van der Waals surface area contributed by atoms with E-state index in [4.69, 9.17) is 22.4 Å². The van der Waals surface area contributed by atoms with E-state index in [0.717, 1.165) is 22.4 Å². The highest BCUT2D eigenvalue weighted by molar-refractivity contribution is 7.83. The minimum Gasteiger partial charge on any atom is -0.368 e. The fourth-order valence-corrected chi connectivity index (χ4v) is 4.18. The predicted octanol–water partition coefficient (Wildman–Crippen LogP) is 4.49. The Balaban J connectivity index is 1.65. The fourth-order valence-electron chi connectivity index (χ4n) is 3.31. The van der Waals surface area contributed by atoms with Gasteiger partial charge < -0.3 is 5.73 Å². The highest BCUT2D eigenvalue weighted by Gasteiger charge is 2.31. The second kappa shape index (κ2) is 8.81. The zero-order valence-electron chi connectivity index (χ0n) is 16.4. The molecular weight excluding hydrogens is 416 g/mol. The Morgan fingerprint density at radius 3 is 2.40 bits per heavy atom. The minimum atomic E-state index is -1.60. The minimum absolute atomic E-state index is 0.00827. The van der Waals surface area contributed by atoms with Gasteiger partial charge in [0.1, 0.15) is 0 Å². The maximum atomic E-state index is 12.6. The fraction of sp³-hybridized carbons (Fsp3) is 0.130. The number of halogens is 1. The molecule has 4 rings (SSSR count). The van der Waals surface area contributed by atoms with Gasteiger partial charge in [-0.3, -0.25) is 0 Å². The van der Waals surface area contributed by atoms with Crippen molar-refractivity contribution in [3.63, 3.8) is 0 Å². The molecule has 152 valence electrons. The van der Waals surface area contributed by atoms with Crippen LogP contribution in [0.2, 0.25) is 5.02 Å². The van der Waals surface area contributed by atoms with Crippen LogP contribution in [0.3, 0.4) is 0 Å². The van der Waals surface area contributed by atoms with Crippen LogP contribution < -0.4 is 5.73 Å². The molecule has 3 aromatic carbocycles. The van der Waals surface area contributed by atoms with Crippen LogP contribution in [0.25, 0.3) is 0 Å². The number of nitrogens with two attached hydrogens (primary N) is 1. The number of guanidine groups is 1. The van der Waals surface area contributed by atoms with Crippen LogP contribution >= 0.6 is 11.6 Å². The molecule has 0 fully saturated rings. The first kappa shape index (κ1) is 20.3. The van der Waals surface area contributed by atoms with Crippen molar-refractivity contribution in [2.75, 3.05) is 6.54 Å². The summed E-state index contributed by atoms with van der Waals surface area (Å²) in [7, 11) is -1.60. The molecule has 2 unspecified atom stereocenters. The van der Waals surface area contributed by atoms with Crippen molar-refractivity contribution < 1.29 is 4.21 Å². The third-order valence-corrected chi connectivity index (χ3v) is 6.20. The molecule has 0 saturated carbocycles. The largest absolute Gasteiger partial charge is 0.368 e. The van der Waals surface area contributed by atoms with Gasteiger partial charge in [0.15, 0.2) is 11.0 Å². The molecule has 0 bridgehead atoms. The Morgan fingerprint density at radius 2 is 1.73 bits per heavy atom. The third kappa shape index (κ3) is 4.45. The highest BCUT2D eigenvalue weighted by Crippen LogP contribution is 2.29. The third-order valence-electron chi connectivity index (χ3n) is 4.92. The van der Waals surface area contributed by atoms with Crippen molar-refractivity contribution in [1.82, 2.24) is 5.01 Å². The molecule has 2 atom stereocenters. The van der Waals surface area contributed by atoms with E-state index in [9.17, 15) is 4.21 Å². The number of benzene rings is 3. The first-order valence-electron chi connectivity index (χ1n) is 9.51. The lowest BCUT2D eigenvalue weighted by Gasteiger charge is -2.15. The Labute approximate surface area is 183 Å². The van der Waals surface area contributed by atoms with Gasteiger partial charge in [-0.15, -0.1) is 4.40 Å². The lowest BCUT2D eigenvalue weighted by Crippen LogP contribution is -2.33. The molecule has 2 N–H and O–H groups in total. The van der Waals surface area contributed by atoms with Crippen LogP contribution in [0.1, 0.15) is 22.6 Å². The summed E-state index contributed by atoms with van der Waals surface area (Å²) >= 11 is 6.05. The van der Waals surface area contributed by atoms with Gasteiger partial charge in [0.25, 0.3) is 0 Å². The van der Waals surface area contributed by atoms with Crippen molar-refractivity contribution in [2.45, 2.75) is 17.7 Å². The number of hydrogen-bond acceptors (Lipinski definition) is 2. The van der Waals surface area contributed by atoms with Crippen molar-refractivity contribution in [3.05, 3.63) is 101 Å². The van der Waals surface area contributed by atoms with Crippen LogP contribution in [0.15, 0.2) is 93.3 Å².